The maximum absolute atomic E-state index is 12.1. The Morgan fingerprint density at radius 1 is 1.47 bits per heavy atom. The highest BCUT2D eigenvalue weighted by atomic mass is 32.1. The number of aliphatic carboxylic acids is 1. The summed E-state index contributed by atoms with van der Waals surface area (Å²) < 4.78 is 0. The minimum atomic E-state index is -0.930. The first kappa shape index (κ1) is 13.5. The van der Waals surface area contributed by atoms with Gasteiger partial charge in [-0.15, -0.1) is 0 Å². The predicted molar refractivity (Wildman–Crippen MR) is 76.4 cm³/mol. The van der Waals surface area contributed by atoms with Crippen molar-refractivity contribution >= 4 is 41.0 Å². The van der Waals surface area contributed by atoms with E-state index in [9.17, 15) is 9.59 Å². The van der Waals surface area contributed by atoms with Crippen LogP contribution in [0.4, 0.5) is 11.4 Å². The zero-order valence-corrected chi connectivity index (χ0v) is 11.0. The molecule has 2 rings (SSSR count). The number of carboxylic acids is 1. The molecule has 100 valence electrons. The number of hydrogen-bond donors (Lipinski definition) is 2. The Morgan fingerprint density at radius 2 is 2.16 bits per heavy atom. The minimum Gasteiger partial charge on any atom is -0.481 e. The first-order valence-electron chi connectivity index (χ1n) is 5.95. The summed E-state index contributed by atoms with van der Waals surface area (Å²) >= 11 is 4.69. The molecule has 1 aromatic carbocycles. The zero-order chi connectivity index (χ0) is 13.8. The van der Waals surface area contributed by atoms with Gasteiger partial charge in [0.05, 0.1) is 17.8 Å². The second-order valence-corrected chi connectivity index (χ2v) is 4.62. The SMILES string of the molecule is O=C(O)CC1CCN(c2ccc(NC=S)cc2)C1=O. The van der Waals surface area contributed by atoms with Crippen LogP contribution in [0.25, 0.3) is 0 Å². The van der Waals surface area contributed by atoms with Crippen LogP contribution in [0, 0.1) is 5.92 Å². The van der Waals surface area contributed by atoms with Gasteiger partial charge >= 0.3 is 5.97 Å². The molecule has 1 aromatic rings. The van der Waals surface area contributed by atoms with Crippen LogP contribution in [0.1, 0.15) is 12.8 Å². The van der Waals surface area contributed by atoms with Crippen molar-refractivity contribution in [2.24, 2.45) is 5.92 Å². The highest BCUT2D eigenvalue weighted by Gasteiger charge is 2.33. The van der Waals surface area contributed by atoms with Gasteiger partial charge in [0.2, 0.25) is 5.91 Å². The standard InChI is InChI=1S/C13H14N2O3S/c16-12(17)7-9-5-6-15(13(9)18)11-3-1-10(2-4-11)14-8-19/h1-4,8-9H,5-7H2,(H,14,19)(H,16,17). The maximum Gasteiger partial charge on any atom is 0.304 e. The van der Waals surface area contributed by atoms with Crippen LogP contribution in [0.2, 0.25) is 0 Å². The third-order valence-corrected chi connectivity index (χ3v) is 3.26. The normalized spacial score (nSPS) is 18.4. The molecule has 0 spiro atoms. The number of benzene rings is 1. The average molecular weight is 278 g/mol. The molecule has 1 unspecified atom stereocenters. The molecule has 0 bridgehead atoms. The van der Waals surface area contributed by atoms with Crippen molar-refractivity contribution in [2.45, 2.75) is 12.8 Å². The Morgan fingerprint density at radius 3 is 2.74 bits per heavy atom. The highest BCUT2D eigenvalue weighted by Crippen LogP contribution is 2.27. The lowest BCUT2D eigenvalue weighted by Gasteiger charge is -2.17. The molecule has 0 radical (unpaired) electrons. The lowest BCUT2D eigenvalue weighted by molar-refractivity contribution is -0.140. The van der Waals surface area contributed by atoms with Crippen molar-refractivity contribution in [3.8, 4) is 0 Å². The Balaban J connectivity index is 2.08. The molecule has 1 aliphatic rings. The number of carbonyl (C=O) groups is 2. The average Bonchev–Trinajstić information content (AvgIpc) is 2.72. The summed E-state index contributed by atoms with van der Waals surface area (Å²) in [5.41, 5.74) is 3.05. The maximum atomic E-state index is 12.1. The summed E-state index contributed by atoms with van der Waals surface area (Å²) in [6, 6.07) is 7.30. The summed E-state index contributed by atoms with van der Waals surface area (Å²) in [5.74, 6) is -1.45. The fraction of sp³-hybridized carbons (Fsp3) is 0.308. The fourth-order valence-corrected chi connectivity index (χ4v) is 2.34. The van der Waals surface area contributed by atoms with Crippen LogP contribution < -0.4 is 10.2 Å². The second-order valence-electron chi connectivity index (χ2n) is 4.38. The second kappa shape index (κ2) is 5.79. The number of nitrogens with one attached hydrogen (secondary N) is 1. The van der Waals surface area contributed by atoms with Crippen molar-refractivity contribution in [1.29, 1.82) is 0 Å². The van der Waals surface area contributed by atoms with Crippen LogP contribution in [-0.2, 0) is 9.59 Å². The molecule has 1 aliphatic heterocycles. The Kier molecular flexibility index (Phi) is 4.11. The van der Waals surface area contributed by atoms with Crippen LogP contribution in [0.5, 0.6) is 0 Å². The van der Waals surface area contributed by atoms with Gasteiger partial charge in [-0.05, 0) is 30.7 Å². The lowest BCUT2D eigenvalue weighted by Crippen LogP contribution is -2.27. The van der Waals surface area contributed by atoms with Gasteiger partial charge in [-0.3, -0.25) is 9.59 Å². The molecular weight excluding hydrogens is 264 g/mol. The number of nitrogens with zero attached hydrogens (tertiary/aromatic N) is 1. The van der Waals surface area contributed by atoms with E-state index in [4.69, 9.17) is 17.3 Å². The van der Waals surface area contributed by atoms with Crippen molar-refractivity contribution in [3.63, 3.8) is 0 Å². The molecule has 1 fully saturated rings. The van der Waals surface area contributed by atoms with Crippen molar-refractivity contribution in [1.82, 2.24) is 0 Å². The van der Waals surface area contributed by atoms with Crippen LogP contribution in [0.3, 0.4) is 0 Å². The van der Waals surface area contributed by atoms with Crippen LogP contribution in [0.15, 0.2) is 24.3 Å². The summed E-state index contributed by atoms with van der Waals surface area (Å²) in [6.07, 6.45) is 0.491. The minimum absolute atomic E-state index is 0.0973. The Labute approximate surface area is 116 Å². The number of anilines is 2. The largest absolute Gasteiger partial charge is 0.481 e. The van der Waals surface area contributed by atoms with Gasteiger partial charge in [0, 0.05) is 17.9 Å². The first-order chi connectivity index (χ1) is 9.11. The number of carboxylic acid groups (broad SMARTS) is 1. The molecule has 0 aliphatic carbocycles. The highest BCUT2D eigenvalue weighted by molar-refractivity contribution is 7.79. The van der Waals surface area contributed by atoms with E-state index in [0.717, 1.165) is 11.4 Å². The van der Waals surface area contributed by atoms with Crippen LogP contribution >= 0.6 is 12.2 Å². The number of rotatable bonds is 5. The third kappa shape index (κ3) is 3.08. The quantitative estimate of drug-likeness (QED) is 0.805. The van der Waals surface area contributed by atoms with E-state index in [-0.39, 0.29) is 12.3 Å². The molecule has 2 N–H and O–H groups in total. The van der Waals surface area contributed by atoms with Gasteiger partial charge in [0.1, 0.15) is 0 Å². The molecule has 1 heterocycles. The molecule has 1 amide bonds. The molecule has 1 atom stereocenters. The molecular formula is C13H14N2O3S. The Hall–Kier alpha value is -1.95. The van der Waals surface area contributed by atoms with Gasteiger partial charge in [-0.2, -0.15) is 0 Å². The van der Waals surface area contributed by atoms with E-state index in [2.05, 4.69) is 5.32 Å². The van der Waals surface area contributed by atoms with E-state index in [1.165, 1.54) is 5.49 Å². The first-order valence-corrected chi connectivity index (χ1v) is 6.42. The molecule has 19 heavy (non-hydrogen) atoms. The van der Waals surface area contributed by atoms with E-state index in [1.54, 1.807) is 4.90 Å². The topological polar surface area (TPSA) is 69.6 Å². The van der Waals surface area contributed by atoms with E-state index < -0.39 is 11.9 Å². The number of amides is 1. The smallest absolute Gasteiger partial charge is 0.304 e. The van der Waals surface area contributed by atoms with E-state index >= 15 is 0 Å². The van der Waals surface area contributed by atoms with Gasteiger partial charge in [-0.25, -0.2) is 0 Å². The lowest BCUT2D eigenvalue weighted by atomic mass is 10.0. The van der Waals surface area contributed by atoms with Crippen molar-refractivity contribution in [3.05, 3.63) is 24.3 Å². The summed E-state index contributed by atoms with van der Waals surface area (Å²) in [6.45, 7) is 0.566. The number of thiocarbonyl (C=S) groups is 1. The van der Waals surface area contributed by atoms with Crippen LogP contribution in [-0.4, -0.2) is 29.0 Å². The molecule has 5 nitrogen and oxygen atoms in total. The van der Waals surface area contributed by atoms with E-state index in [1.807, 2.05) is 24.3 Å². The monoisotopic (exact) mass is 278 g/mol. The summed E-state index contributed by atoms with van der Waals surface area (Å²) in [4.78, 5) is 24.4. The van der Waals surface area contributed by atoms with Gasteiger partial charge in [-0.1, -0.05) is 12.2 Å². The number of carbonyl (C=O) groups excluding carboxylic acids is 1. The molecule has 6 heteroatoms. The van der Waals surface area contributed by atoms with Gasteiger partial charge in [0.15, 0.2) is 0 Å². The summed E-state index contributed by atoms with van der Waals surface area (Å²) in [7, 11) is 0. The van der Waals surface area contributed by atoms with E-state index in [0.29, 0.717) is 13.0 Å². The van der Waals surface area contributed by atoms with Crippen molar-refractivity contribution < 1.29 is 14.7 Å². The Bertz CT molecular complexity index is 501. The summed E-state index contributed by atoms with van der Waals surface area (Å²) in [5, 5.41) is 11.6. The number of hydrogen-bond acceptors (Lipinski definition) is 3. The third-order valence-electron chi connectivity index (χ3n) is 3.14. The zero-order valence-electron chi connectivity index (χ0n) is 10.2. The molecule has 1 saturated heterocycles. The molecule has 0 saturated carbocycles. The fourth-order valence-electron chi connectivity index (χ4n) is 2.20. The van der Waals surface area contributed by atoms with Gasteiger partial charge in [0.25, 0.3) is 0 Å². The van der Waals surface area contributed by atoms with Crippen molar-refractivity contribution in [2.75, 3.05) is 16.8 Å². The predicted octanol–water partition coefficient (Wildman–Crippen LogP) is 1.88. The molecule has 0 aromatic heterocycles. The van der Waals surface area contributed by atoms with Gasteiger partial charge < -0.3 is 15.3 Å².